The minimum absolute atomic E-state index is 0.0211. The van der Waals surface area contributed by atoms with E-state index in [1.807, 2.05) is 40.7 Å². The summed E-state index contributed by atoms with van der Waals surface area (Å²) in [5.41, 5.74) is 3.56. The summed E-state index contributed by atoms with van der Waals surface area (Å²) in [6, 6.07) is 7.89. The zero-order valence-corrected chi connectivity index (χ0v) is 16.4. The molecule has 1 saturated heterocycles. The van der Waals surface area contributed by atoms with Gasteiger partial charge in [-0.15, -0.1) is 5.10 Å². The van der Waals surface area contributed by atoms with Crippen LogP contribution in [0, 0.1) is 6.92 Å². The minimum Gasteiger partial charge on any atom is -0.378 e. The molecule has 5 rings (SSSR count). The molecule has 0 radical (unpaired) electrons. The van der Waals surface area contributed by atoms with Gasteiger partial charge >= 0.3 is 0 Å². The van der Waals surface area contributed by atoms with Crippen molar-refractivity contribution in [2.75, 3.05) is 26.3 Å². The molecule has 0 bridgehead atoms. The normalized spacial score (nSPS) is 16.4. The molecule has 1 fully saturated rings. The van der Waals surface area contributed by atoms with Gasteiger partial charge in [0, 0.05) is 29.9 Å². The molecule has 150 valence electrons. The van der Waals surface area contributed by atoms with Crippen molar-refractivity contribution < 1.29 is 9.53 Å². The predicted molar refractivity (Wildman–Crippen MR) is 107 cm³/mol. The second kappa shape index (κ2) is 7.11. The zero-order valence-electron chi connectivity index (χ0n) is 16.4. The lowest BCUT2D eigenvalue weighted by Gasteiger charge is -2.27. The molecule has 0 atom stereocenters. The first kappa shape index (κ1) is 18.1. The summed E-state index contributed by atoms with van der Waals surface area (Å²) >= 11 is 0. The second-order valence-corrected chi connectivity index (χ2v) is 7.68. The third-order valence-corrected chi connectivity index (χ3v) is 5.76. The second-order valence-electron chi connectivity index (χ2n) is 7.68. The van der Waals surface area contributed by atoms with Gasteiger partial charge in [-0.05, 0) is 26.2 Å². The van der Waals surface area contributed by atoms with Crippen LogP contribution >= 0.6 is 0 Å². The van der Waals surface area contributed by atoms with Crippen LogP contribution in [-0.4, -0.2) is 56.3 Å². The average molecular weight is 393 g/mol. The highest BCUT2D eigenvalue weighted by molar-refractivity contribution is 5.77. The van der Waals surface area contributed by atoms with Crippen molar-refractivity contribution >= 4 is 11.7 Å². The van der Waals surface area contributed by atoms with E-state index in [4.69, 9.17) is 4.74 Å². The van der Waals surface area contributed by atoms with Crippen LogP contribution in [0.15, 0.2) is 29.1 Å². The molecule has 1 aliphatic heterocycles. The van der Waals surface area contributed by atoms with Crippen LogP contribution in [0.2, 0.25) is 0 Å². The number of aromatic nitrogens is 4. The minimum atomic E-state index is -0.117. The first-order chi connectivity index (χ1) is 14.1. The molecule has 1 amide bonds. The Morgan fingerprint density at radius 2 is 1.90 bits per heavy atom. The topological polar surface area (TPSA) is 81.7 Å². The van der Waals surface area contributed by atoms with E-state index in [9.17, 15) is 9.59 Å². The van der Waals surface area contributed by atoms with Crippen LogP contribution in [-0.2, 0) is 28.9 Å². The maximum Gasteiger partial charge on any atom is 0.279 e. The van der Waals surface area contributed by atoms with Crippen molar-refractivity contribution in [2.24, 2.45) is 0 Å². The summed E-state index contributed by atoms with van der Waals surface area (Å²) in [5, 5.41) is 4.50. The number of aryl methyl sites for hydroxylation is 1. The molecule has 8 nitrogen and oxygen atoms in total. The van der Waals surface area contributed by atoms with E-state index >= 15 is 0 Å². The molecule has 0 N–H and O–H groups in total. The molecular weight excluding hydrogens is 370 g/mol. The van der Waals surface area contributed by atoms with Crippen LogP contribution in [0.5, 0.6) is 0 Å². The largest absolute Gasteiger partial charge is 0.378 e. The summed E-state index contributed by atoms with van der Waals surface area (Å²) in [7, 11) is 0. The summed E-state index contributed by atoms with van der Waals surface area (Å²) in [5.74, 6) is 0.957. The standard InChI is InChI=1S/C21H23N5O3/c1-14-5-7-15(8-6-14)19-22-21-25(13-18(27)24-9-11-29-12-10-24)17-4-2-3-16(17)20(28)26(21)23-19/h5-8H,2-4,9-13H2,1H3. The number of hydrogen-bond donors (Lipinski definition) is 0. The van der Waals surface area contributed by atoms with E-state index in [0.717, 1.165) is 41.6 Å². The number of morpholine rings is 1. The number of amides is 1. The molecule has 1 aliphatic carbocycles. The maximum atomic E-state index is 13.0. The lowest BCUT2D eigenvalue weighted by atomic mass is 10.1. The van der Waals surface area contributed by atoms with Crippen LogP contribution in [0.4, 0.5) is 0 Å². The lowest BCUT2D eigenvalue weighted by Crippen LogP contribution is -2.43. The average Bonchev–Trinajstić information content (AvgIpc) is 3.40. The van der Waals surface area contributed by atoms with Crippen molar-refractivity contribution in [3.63, 3.8) is 0 Å². The molecular formula is C21H23N5O3. The highest BCUT2D eigenvalue weighted by Gasteiger charge is 2.26. The van der Waals surface area contributed by atoms with E-state index in [1.54, 1.807) is 0 Å². The summed E-state index contributed by atoms with van der Waals surface area (Å²) in [6.07, 6.45) is 2.41. The molecule has 2 aliphatic rings. The molecule has 2 aromatic heterocycles. The van der Waals surface area contributed by atoms with Gasteiger partial charge in [0.05, 0.1) is 13.2 Å². The Kier molecular flexibility index (Phi) is 4.43. The molecule has 3 aromatic rings. The Morgan fingerprint density at radius 1 is 1.14 bits per heavy atom. The smallest absolute Gasteiger partial charge is 0.279 e. The number of carbonyl (C=O) groups is 1. The first-order valence-corrected chi connectivity index (χ1v) is 10.1. The Bertz CT molecular complexity index is 1140. The van der Waals surface area contributed by atoms with Crippen LogP contribution in [0.1, 0.15) is 23.2 Å². The van der Waals surface area contributed by atoms with Gasteiger partial charge in [0.2, 0.25) is 11.7 Å². The van der Waals surface area contributed by atoms with E-state index in [2.05, 4.69) is 10.1 Å². The van der Waals surface area contributed by atoms with Crippen molar-refractivity contribution in [2.45, 2.75) is 32.7 Å². The van der Waals surface area contributed by atoms with E-state index in [1.165, 1.54) is 4.52 Å². The monoisotopic (exact) mass is 393 g/mol. The van der Waals surface area contributed by atoms with E-state index in [0.29, 0.717) is 37.9 Å². The summed E-state index contributed by atoms with van der Waals surface area (Å²) in [4.78, 5) is 32.4. The van der Waals surface area contributed by atoms with Crippen molar-refractivity contribution in [3.8, 4) is 11.4 Å². The van der Waals surface area contributed by atoms with Gasteiger partial charge in [-0.3, -0.25) is 9.59 Å². The summed E-state index contributed by atoms with van der Waals surface area (Å²) < 4.78 is 8.61. The number of fused-ring (bicyclic) bond motifs is 2. The van der Waals surface area contributed by atoms with Gasteiger partial charge in [-0.2, -0.15) is 9.50 Å². The number of benzene rings is 1. The fourth-order valence-electron chi connectivity index (χ4n) is 4.16. The van der Waals surface area contributed by atoms with Crippen LogP contribution in [0.3, 0.4) is 0 Å². The SMILES string of the molecule is Cc1ccc(-c2nc3n(CC(=O)N4CCOCC4)c4c(c(=O)n3n2)CCC4)cc1. The molecule has 0 spiro atoms. The number of rotatable bonds is 3. The van der Waals surface area contributed by atoms with Crippen molar-refractivity contribution in [1.29, 1.82) is 0 Å². The van der Waals surface area contributed by atoms with Gasteiger partial charge in [0.25, 0.3) is 5.56 Å². The van der Waals surface area contributed by atoms with Gasteiger partial charge in [0.15, 0.2) is 5.82 Å². The van der Waals surface area contributed by atoms with Crippen LogP contribution in [0.25, 0.3) is 17.2 Å². The number of ether oxygens (including phenoxy) is 1. The Labute approximate surface area is 167 Å². The fraction of sp³-hybridized carbons (Fsp3) is 0.429. The van der Waals surface area contributed by atoms with Gasteiger partial charge in [-0.25, -0.2) is 0 Å². The summed E-state index contributed by atoms with van der Waals surface area (Å²) in [6.45, 7) is 4.50. The number of hydrogen-bond acceptors (Lipinski definition) is 5. The highest BCUT2D eigenvalue weighted by Crippen LogP contribution is 2.23. The van der Waals surface area contributed by atoms with Gasteiger partial charge < -0.3 is 14.2 Å². The Balaban J connectivity index is 1.61. The molecule has 29 heavy (non-hydrogen) atoms. The third-order valence-electron chi connectivity index (χ3n) is 5.76. The van der Waals surface area contributed by atoms with Gasteiger partial charge in [0.1, 0.15) is 6.54 Å². The zero-order chi connectivity index (χ0) is 20.0. The highest BCUT2D eigenvalue weighted by atomic mass is 16.5. The van der Waals surface area contributed by atoms with Crippen LogP contribution < -0.4 is 5.56 Å². The fourth-order valence-corrected chi connectivity index (χ4v) is 4.16. The molecule has 0 saturated carbocycles. The number of nitrogens with zero attached hydrogens (tertiary/aromatic N) is 5. The lowest BCUT2D eigenvalue weighted by molar-refractivity contribution is -0.135. The molecule has 3 heterocycles. The number of carbonyl (C=O) groups excluding carboxylic acids is 1. The quantitative estimate of drug-likeness (QED) is 0.668. The Hall–Kier alpha value is -3.00. The van der Waals surface area contributed by atoms with Gasteiger partial charge in [-0.1, -0.05) is 29.8 Å². The van der Waals surface area contributed by atoms with Crippen molar-refractivity contribution in [1.82, 2.24) is 24.1 Å². The van der Waals surface area contributed by atoms with Crippen molar-refractivity contribution in [3.05, 3.63) is 51.4 Å². The molecule has 8 heteroatoms. The van der Waals surface area contributed by atoms with E-state index in [-0.39, 0.29) is 18.0 Å². The third kappa shape index (κ3) is 3.13. The Morgan fingerprint density at radius 3 is 2.66 bits per heavy atom. The first-order valence-electron chi connectivity index (χ1n) is 10.1. The van der Waals surface area contributed by atoms with E-state index < -0.39 is 0 Å². The predicted octanol–water partition coefficient (Wildman–Crippen LogP) is 1.21. The molecule has 0 unspecified atom stereocenters. The maximum absolute atomic E-state index is 13.0. The molecule has 1 aromatic carbocycles.